The van der Waals surface area contributed by atoms with Gasteiger partial charge in [0.25, 0.3) is 0 Å². The minimum Gasteiger partial charge on any atom is -0.497 e. The van der Waals surface area contributed by atoms with E-state index in [1.165, 1.54) is 29.7 Å². The van der Waals surface area contributed by atoms with Crippen molar-refractivity contribution in [2.24, 2.45) is 7.05 Å². The second kappa shape index (κ2) is 5.67. The molecule has 1 atom stereocenters. The van der Waals surface area contributed by atoms with Gasteiger partial charge in [-0.2, -0.15) is 5.10 Å². The second-order valence-electron chi connectivity index (χ2n) is 5.34. The second-order valence-corrected chi connectivity index (χ2v) is 5.34. The van der Waals surface area contributed by atoms with Crippen LogP contribution in [0, 0.1) is 0 Å². The highest BCUT2D eigenvalue weighted by Crippen LogP contribution is 2.29. The van der Waals surface area contributed by atoms with Crippen LogP contribution in [0.1, 0.15) is 35.7 Å². The molecule has 1 aliphatic carbocycles. The zero-order valence-electron chi connectivity index (χ0n) is 12.1. The normalized spacial score (nSPS) is 17.8. The summed E-state index contributed by atoms with van der Waals surface area (Å²) in [5.74, 6) is 0.904. The third-order valence-corrected chi connectivity index (χ3v) is 4.09. The van der Waals surface area contributed by atoms with Crippen molar-refractivity contribution in [2.45, 2.75) is 31.8 Å². The molecule has 1 aromatic heterocycles. The van der Waals surface area contributed by atoms with Gasteiger partial charge in [-0.25, -0.2) is 0 Å². The number of aryl methyl sites for hydroxylation is 1. The number of hydrogen-bond acceptors (Lipinski definition) is 3. The maximum atomic E-state index is 5.18. The lowest BCUT2D eigenvalue weighted by molar-refractivity contribution is 0.414. The molecule has 1 aromatic carbocycles. The number of rotatable bonds is 4. The first-order valence-corrected chi connectivity index (χ1v) is 7.15. The Morgan fingerprint density at radius 1 is 1.35 bits per heavy atom. The fourth-order valence-electron chi connectivity index (χ4n) is 2.90. The molecule has 0 amide bonds. The average molecular weight is 271 g/mol. The molecule has 1 aliphatic rings. The number of methoxy groups -OCH3 is 1. The van der Waals surface area contributed by atoms with E-state index in [9.17, 15) is 0 Å². The van der Waals surface area contributed by atoms with Crippen LogP contribution in [0.4, 0.5) is 0 Å². The van der Waals surface area contributed by atoms with E-state index >= 15 is 0 Å². The van der Waals surface area contributed by atoms with Crippen molar-refractivity contribution in [3.63, 3.8) is 0 Å². The molecule has 0 saturated heterocycles. The van der Waals surface area contributed by atoms with Gasteiger partial charge in [-0.1, -0.05) is 12.1 Å². The van der Waals surface area contributed by atoms with Crippen molar-refractivity contribution in [1.82, 2.24) is 15.1 Å². The highest BCUT2D eigenvalue weighted by atomic mass is 16.5. The first kappa shape index (κ1) is 13.2. The van der Waals surface area contributed by atoms with Gasteiger partial charge in [-0.3, -0.25) is 4.68 Å². The number of aromatic nitrogens is 2. The molecule has 0 fully saturated rings. The van der Waals surface area contributed by atoms with Crippen LogP contribution in [0.15, 0.2) is 30.5 Å². The fourth-order valence-corrected chi connectivity index (χ4v) is 2.90. The van der Waals surface area contributed by atoms with E-state index < -0.39 is 0 Å². The van der Waals surface area contributed by atoms with Crippen molar-refractivity contribution < 1.29 is 4.74 Å². The van der Waals surface area contributed by atoms with Gasteiger partial charge >= 0.3 is 0 Å². The maximum absolute atomic E-state index is 5.18. The molecule has 0 bridgehead atoms. The van der Waals surface area contributed by atoms with Crippen molar-refractivity contribution in [3.8, 4) is 5.75 Å². The molecule has 2 aromatic rings. The lowest BCUT2D eigenvalue weighted by Gasteiger charge is -2.24. The topological polar surface area (TPSA) is 39.1 Å². The molecular formula is C16H21N3O. The summed E-state index contributed by atoms with van der Waals surface area (Å²) in [6, 6.07) is 8.66. The predicted octanol–water partition coefficient (Wildman–Crippen LogP) is 2.60. The van der Waals surface area contributed by atoms with E-state index in [0.29, 0.717) is 6.04 Å². The molecule has 0 radical (unpaired) electrons. The van der Waals surface area contributed by atoms with Gasteiger partial charge in [0.05, 0.1) is 13.3 Å². The first-order chi connectivity index (χ1) is 9.78. The molecule has 1 heterocycles. The Kier molecular flexibility index (Phi) is 3.74. The quantitative estimate of drug-likeness (QED) is 0.929. The summed E-state index contributed by atoms with van der Waals surface area (Å²) < 4.78 is 7.19. The Balaban J connectivity index is 1.66. The SMILES string of the molecule is COc1ccc(CNC2CCCc3c2cnn3C)cc1. The smallest absolute Gasteiger partial charge is 0.118 e. The number of hydrogen-bond donors (Lipinski definition) is 1. The van der Waals surface area contributed by atoms with Crippen LogP contribution in [-0.2, 0) is 20.0 Å². The Bertz CT molecular complexity index is 574. The third kappa shape index (κ3) is 2.56. The van der Waals surface area contributed by atoms with Crippen molar-refractivity contribution in [1.29, 1.82) is 0 Å². The predicted molar refractivity (Wildman–Crippen MR) is 78.7 cm³/mol. The zero-order valence-corrected chi connectivity index (χ0v) is 12.1. The van der Waals surface area contributed by atoms with Crippen molar-refractivity contribution in [2.75, 3.05) is 7.11 Å². The first-order valence-electron chi connectivity index (χ1n) is 7.15. The zero-order chi connectivity index (χ0) is 13.9. The summed E-state index contributed by atoms with van der Waals surface area (Å²) in [6.07, 6.45) is 5.58. The highest BCUT2D eigenvalue weighted by Gasteiger charge is 2.22. The highest BCUT2D eigenvalue weighted by molar-refractivity contribution is 5.28. The lowest BCUT2D eigenvalue weighted by atomic mass is 9.93. The molecule has 0 aliphatic heterocycles. The summed E-state index contributed by atoms with van der Waals surface area (Å²) >= 11 is 0. The van der Waals surface area contributed by atoms with E-state index in [1.54, 1.807) is 7.11 Å². The van der Waals surface area contributed by atoms with E-state index in [2.05, 4.69) is 22.5 Å². The molecule has 20 heavy (non-hydrogen) atoms. The van der Waals surface area contributed by atoms with E-state index in [1.807, 2.05) is 30.1 Å². The number of nitrogens with one attached hydrogen (secondary N) is 1. The molecule has 4 heteroatoms. The van der Waals surface area contributed by atoms with Crippen molar-refractivity contribution in [3.05, 3.63) is 47.3 Å². The third-order valence-electron chi connectivity index (χ3n) is 4.09. The van der Waals surface area contributed by atoms with Crippen molar-refractivity contribution >= 4 is 0 Å². The fraction of sp³-hybridized carbons (Fsp3) is 0.438. The van der Waals surface area contributed by atoms with Crippen LogP contribution in [0.5, 0.6) is 5.75 Å². The van der Waals surface area contributed by atoms with Crippen LogP contribution in [0.2, 0.25) is 0 Å². The molecule has 0 saturated carbocycles. The van der Waals surface area contributed by atoms with E-state index in [4.69, 9.17) is 4.74 Å². The number of benzene rings is 1. The summed E-state index contributed by atoms with van der Waals surface area (Å²) in [5.41, 5.74) is 4.03. The molecule has 3 rings (SSSR count). The van der Waals surface area contributed by atoms with Crippen LogP contribution >= 0.6 is 0 Å². The molecule has 0 spiro atoms. The number of fused-ring (bicyclic) bond motifs is 1. The summed E-state index contributed by atoms with van der Waals surface area (Å²) in [6.45, 7) is 0.878. The van der Waals surface area contributed by atoms with Crippen LogP contribution in [-0.4, -0.2) is 16.9 Å². The molecular weight excluding hydrogens is 250 g/mol. The average Bonchev–Trinajstić information content (AvgIpc) is 2.88. The Morgan fingerprint density at radius 3 is 2.90 bits per heavy atom. The van der Waals surface area contributed by atoms with Crippen LogP contribution < -0.4 is 10.1 Å². The Hall–Kier alpha value is -1.81. The van der Waals surface area contributed by atoms with Crippen LogP contribution in [0.3, 0.4) is 0 Å². The van der Waals surface area contributed by atoms with Gasteiger partial charge in [0, 0.05) is 30.9 Å². The molecule has 1 unspecified atom stereocenters. The number of ether oxygens (including phenoxy) is 1. The molecule has 106 valence electrons. The van der Waals surface area contributed by atoms with Gasteiger partial charge in [0.15, 0.2) is 0 Å². The standard InChI is InChI=1S/C16H21N3O/c1-19-16-5-3-4-15(14(16)11-18-19)17-10-12-6-8-13(20-2)9-7-12/h6-9,11,15,17H,3-5,10H2,1-2H3. The Morgan fingerprint density at radius 2 is 2.15 bits per heavy atom. The summed E-state index contributed by atoms with van der Waals surface area (Å²) in [5, 5.41) is 8.04. The summed E-state index contributed by atoms with van der Waals surface area (Å²) in [4.78, 5) is 0. The monoisotopic (exact) mass is 271 g/mol. The maximum Gasteiger partial charge on any atom is 0.118 e. The largest absolute Gasteiger partial charge is 0.497 e. The lowest BCUT2D eigenvalue weighted by Crippen LogP contribution is -2.24. The van der Waals surface area contributed by atoms with Gasteiger partial charge < -0.3 is 10.1 Å². The van der Waals surface area contributed by atoms with E-state index in [0.717, 1.165) is 18.7 Å². The Labute approximate surface area is 119 Å². The number of nitrogens with zero attached hydrogens (tertiary/aromatic N) is 2. The van der Waals surface area contributed by atoms with Crippen LogP contribution in [0.25, 0.3) is 0 Å². The van der Waals surface area contributed by atoms with E-state index in [-0.39, 0.29) is 0 Å². The van der Waals surface area contributed by atoms with Gasteiger partial charge in [0.2, 0.25) is 0 Å². The van der Waals surface area contributed by atoms with Gasteiger partial charge in [0.1, 0.15) is 5.75 Å². The van der Waals surface area contributed by atoms with Gasteiger partial charge in [-0.05, 0) is 37.0 Å². The minimum atomic E-state index is 0.426. The summed E-state index contributed by atoms with van der Waals surface area (Å²) in [7, 11) is 3.73. The molecule has 1 N–H and O–H groups in total. The minimum absolute atomic E-state index is 0.426. The van der Waals surface area contributed by atoms with Gasteiger partial charge in [-0.15, -0.1) is 0 Å². The molecule has 4 nitrogen and oxygen atoms in total.